The summed E-state index contributed by atoms with van der Waals surface area (Å²) in [6.45, 7) is 67.9. The van der Waals surface area contributed by atoms with Gasteiger partial charge in [-0.2, -0.15) is 0 Å². The summed E-state index contributed by atoms with van der Waals surface area (Å²) in [5, 5.41) is 0. The maximum Gasteiger partial charge on any atom is 0.333 e. The van der Waals surface area contributed by atoms with Crippen molar-refractivity contribution >= 4 is 35.8 Å². The molecule has 0 aromatic rings. The van der Waals surface area contributed by atoms with Gasteiger partial charge in [0.05, 0.1) is 342 Å². The van der Waals surface area contributed by atoms with Crippen LogP contribution in [0.3, 0.4) is 0 Å². The van der Waals surface area contributed by atoms with Crippen molar-refractivity contribution in [3.63, 3.8) is 0 Å². The smallest absolute Gasteiger partial charge is 0.333 e. The quantitative estimate of drug-likeness (QED) is 0.0238. The molecule has 816 valence electrons. The second-order valence-electron chi connectivity index (χ2n) is 29.5. The van der Waals surface area contributed by atoms with Crippen molar-refractivity contribution in [2.45, 2.75) is 139 Å². The predicted molar refractivity (Wildman–Crippen MR) is 516 cm³/mol. The van der Waals surface area contributed by atoms with Gasteiger partial charge in [0.2, 0.25) is 0 Å². The van der Waals surface area contributed by atoms with E-state index in [1.807, 2.05) is 27.7 Å². The van der Waals surface area contributed by atoms with Crippen molar-refractivity contribution in [2.24, 2.45) is 0 Å². The zero-order valence-corrected chi connectivity index (χ0v) is 87.1. The molecule has 0 amide bonds. The van der Waals surface area contributed by atoms with Crippen LogP contribution in [0.1, 0.15) is 102 Å². The molecule has 138 heavy (non-hydrogen) atoms. The molecular weight excluding hydrogens is 1820 g/mol. The lowest BCUT2D eigenvalue weighted by atomic mass is 10.3. The van der Waals surface area contributed by atoms with Crippen molar-refractivity contribution in [2.75, 3.05) is 386 Å². The molecule has 41 nitrogen and oxygen atoms in total. The molecule has 0 aliphatic rings. The molecule has 0 rings (SSSR count). The van der Waals surface area contributed by atoms with Gasteiger partial charge in [0, 0.05) is 76.1 Å². The number of unbranched alkanes of at least 4 members (excludes halogenated alkanes) is 2. The van der Waals surface area contributed by atoms with E-state index in [0.717, 1.165) is 19.1 Å². The van der Waals surface area contributed by atoms with Crippen LogP contribution < -0.4 is 0 Å². The summed E-state index contributed by atoms with van der Waals surface area (Å²) in [6.07, 6.45) is 4.00. The minimum Gasteiger partial charge on any atom is -0.460 e. The van der Waals surface area contributed by atoms with E-state index < -0.39 is 29.8 Å². The molecule has 0 N–H and O–H groups in total. The van der Waals surface area contributed by atoms with Gasteiger partial charge >= 0.3 is 35.8 Å². The Hall–Kier alpha value is -5.90. The van der Waals surface area contributed by atoms with E-state index in [0.29, 0.717) is 345 Å². The monoisotopic (exact) mass is 2000 g/mol. The Balaban J connectivity index is -0.000000384. The van der Waals surface area contributed by atoms with Gasteiger partial charge in [-0.3, -0.25) is 0 Å². The fraction of sp³-hybridized carbons (Fsp3) is 0.814. The molecular formula is C97H182O41. The fourth-order valence-electron chi connectivity index (χ4n) is 8.53. The summed E-state index contributed by atoms with van der Waals surface area (Å²) >= 11 is 0. The number of hydrogen-bond acceptors (Lipinski definition) is 41. The number of carbonyl (C=O) groups excluding carboxylic acids is 6. The summed E-state index contributed by atoms with van der Waals surface area (Å²) in [4.78, 5) is 66.5. The lowest BCUT2D eigenvalue weighted by Gasteiger charge is -2.19. The van der Waals surface area contributed by atoms with E-state index in [2.05, 4.69) is 46.4 Å². The van der Waals surface area contributed by atoms with E-state index in [1.165, 1.54) is 12.8 Å². The summed E-state index contributed by atoms with van der Waals surface area (Å²) in [5.41, 5.74) is 1.92. The van der Waals surface area contributed by atoms with Gasteiger partial charge in [-0.05, 0) is 82.6 Å². The van der Waals surface area contributed by atoms with Gasteiger partial charge in [-0.1, -0.05) is 59.2 Å². The first-order valence-electron chi connectivity index (χ1n) is 47.0. The first kappa shape index (κ1) is 143. The molecule has 0 aliphatic heterocycles. The largest absolute Gasteiger partial charge is 0.460 e. The average Bonchev–Trinajstić information content (AvgIpc) is 0.989. The first-order chi connectivity index (χ1) is 66.6. The first-order valence-corrected chi connectivity index (χ1v) is 47.0. The maximum absolute atomic E-state index is 11.3. The molecule has 0 aromatic carbocycles. The van der Waals surface area contributed by atoms with Gasteiger partial charge < -0.3 is 166 Å². The van der Waals surface area contributed by atoms with E-state index in [9.17, 15) is 28.8 Å². The van der Waals surface area contributed by atoms with Crippen molar-refractivity contribution in [3.8, 4) is 0 Å². The molecule has 0 aromatic heterocycles. The SMILES string of the molecule is C=C(C)C(=O)OC(C)COC(C)COC(C)COC.C=C(C)C(=O)OCCOCCOCCCCC.C=C(C)C(=O)OCCOCCOCCOCCOCCOCCOC.C=C(C)C(=O)OCCOCCOCCOCCOCCOCCOCCOC.C=C(C)C(=O)OCCOCCOCCOCCOCCOCCOCCOCCOC.C=CC(=O)OC(C)COC(C)COC(C)COC. The Bertz CT molecular complexity index is 2740. The van der Waals surface area contributed by atoms with Crippen LogP contribution >= 0.6 is 0 Å². The van der Waals surface area contributed by atoms with Crippen LogP contribution in [0, 0.1) is 0 Å². The lowest BCUT2D eigenvalue weighted by Crippen LogP contribution is -2.27. The third kappa shape index (κ3) is 126. The van der Waals surface area contributed by atoms with Crippen LogP contribution in [-0.4, -0.2) is 458 Å². The van der Waals surface area contributed by atoms with Crippen molar-refractivity contribution < 1.29 is 195 Å². The highest BCUT2D eigenvalue weighted by atomic mass is 16.6. The minimum atomic E-state index is -0.441. The Morgan fingerprint density at radius 3 is 0.551 bits per heavy atom. The molecule has 0 radical (unpaired) electrons. The van der Waals surface area contributed by atoms with Gasteiger partial charge in [-0.25, -0.2) is 28.8 Å². The highest BCUT2D eigenvalue weighted by molar-refractivity contribution is 5.88. The van der Waals surface area contributed by atoms with Crippen LogP contribution in [0.2, 0.25) is 0 Å². The van der Waals surface area contributed by atoms with E-state index in [1.54, 1.807) is 84.0 Å². The molecule has 0 bridgehead atoms. The van der Waals surface area contributed by atoms with Gasteiger partial charge in [-0.15, -0.1) is 0 Å². The highest BCUT2D eigenvalue weighted by Crippen LogP contribution is 2.06. The standard InChI is InChI=1S/C21H40O10.C19H36O9.C17H32O8.C14H26O5.C13H24O5.C13H24O4/c1-20(2)21(22)31-19-18-30-17-16-29-15-14-28-13-12-27-11-10-26-9-8-25-7-6-24-5-4-23-3;1-18(2)19(20)28-17-16-27-15-14-26-13-12-25-11-10-24-9-8-23-7-6-22-5-4-21-3;1-16(2)17(18)25-15-14-24-13-12-23-11-10-22-9-8-21-7-6-20-5-4-19-3;1-10(2)14(15)19-13(5)9-18-12(4)8-17-11(3)7-16-6;1-6-13(14)18-12(4)9-17-11(3)8-16-10(2)7-15-5;1-4-5-6-7-15-8-9-16-10-11-17-13(14)12(2)3/h1,4-19H2,2-3H3;1,4-17H2,2-3H3;1,4-15H2,2-3H3;11-13H,1,7-9H2,2-6H3;6,10-12H,1,7-9H2,2-5H3;2,4-11H2,1,3H3. The van der Waals surface area contributed by atoms with Crippen LogP contribution in [0.15, 0.2) is 73.4 Å². The predicted octanol–water partition coefficient (Wildman–Crippen LogP) is 8.40. The second-order valence-corrected chi connectivity index (χ2v) is 29.5. The van der Waals surface area contributed by atoms with Gasteiger partial charge in [0.25, 0.3) is 0 Å². The number of esters is 6. The normalized spacial score (nSPS) is 12.1. The number of methoxy groups -OCH3 is 5. The van der Waals surface area contributed by atoms with Crippen LogP contribution in [0.25, 0.3) is 0 Å². The fourth-order valence-corrected chi connectivity index (χ4v) is 8.53. The number of hydrogen-bond donors (Lipinski definition) is 0. The molecule has 0 spiro atoms. The van der Waals surface area contributed by atoms with Gasteiger partial charge in [0.1, 0.15) is 38.6 Å². The van der Waals surface area contributed by atoms with E-state index >= 15 is 0 Å². The summed E-state index contributed by atoms with van der Waals surface area (Å²) < 4.78 is 183. The van der Waals surface area contributed by atoms with Crippen LogP contribution in [0.5, 0.6) is 0 Å². The maximum atomic E-state index is 11.3. The van der Waals surface area contributed by atoms with E-state index in [-0.39, 0.29) is 69.0 Å². The van der Waals surface area contributed by atoms with Crippen molar-refractivity contribution in [3.05, 3.63) is 73.4 Å². The summed E-state index contributed by atoms with van der Waals surface area (Å²) in [7, 11) is 8.19. The molecule has 0 aliphatic carbocycles. The van der Waals surface area contributed by atoms with Crippen LogP contribution in [-0.2, 0) is 195 Å². The number of ether oxygens (including phenoxy) is 35. The van der Waals surface area contributed by atoms with Crippen molar-refractivity contribution in [1.29, 1.82) is 0 Å². The topological polar surface area (TPSA) is 425 Å². The zero-order chi connectivity index (χ0) is 104. The lowest BCUT2D eigenvalue weighted by molar-refractivity contribution is -0.148. The molecule has 6 atom stereocenters. The minimum absolute atomic E-state index is 0.0368. The Morgan fingerprint density at radius 2 is 0.377 bits per heavy atom. The Labute approximate surface area is 825 Å². The van der Waals surface area contributed by atoms with Crippen LogP contribution in [0.4, 0.5) is 0 Å². The molecule has 0 heterocycles. The Kier molecular flexibility index (Phi) is 122. The summed E-state index contributed by atoms with van der Waals surface area (Å²) in [6, 6.07) is 0. The van der Waals surface area contributed by atoms with Gasteiger partial charge in [0.15, 0.2) is 0 Å². The summed E-state index contributed by atoms with van der Waals surface area (Å²) in [5.74, 6) is -2.42. The van der Waals surface area contributed by atoms with E-state index in [4.69, 9.17) is 166 Å². The molecule has 0 saturated carbocycles. The highest BCUT2D eigenvalue weighted by Gasteiger charge is 2.16. The third-order valence-electron chi connectivity index (χ3n) is 15.8. The third-order valence-corrected chi connectivity index (χ3v) is 15.8. The molecule has 0 saturated heterocycles. The second kappa shape index (κ2) is 118. The molecule has 6 unspecified atom stereocenters. The van der Waals surface area contributed by atoms with Crippen molar-refractivity contribution in [1.82, 2.24) is 0 Å². The zero-order valence-electron chi connectivity index (χ0n) is 87.1. The molecule has 0 fully saturated rings. The number of carbonyl (C=O) groups is 6. The Morgan fingerprint density at radius 1 is 0.210 bits per heavy atom. The average molecular weight is 2000 g/mol. The number of rotatable bonds is 97. The molecule has 41 heteroatoms.